The number of rotatable bonds is 6. The van der Waals surface area contributed by atoms with E-state index in [1.54, 1.807) is 6.33 Å². The minimum atomic E-state index is 0.134. The van der Waals surface area contributed by atoms with Gasteiger partial charge in [0, 0.05) is 31.2 Å². The Labute approximate surface area is 121 Å². The van der Waals surface area contributed by atoms with E-state index in [0.29, 0.717) is 18.0 Å². The van der Waals surface area contributed by atoms with Crippen LogP contribution in [0.2, 0.25) is 0 Å². The van der Waals surface area contributed by atoms with Gasteiger partial charge >= 0.3 is 0 Å². The second kappa shape index (κ2) is 6.88. The quantitative estimate of drug-likeness (QED) is 0.865. The smallest absolute Gasteiger partial charge is 0.218 e. The lowest BCUT2D eigenvalue weighted by Crippen LogP contribution is -2.40. The summed E-state index contributed by atoms with van der Waals surface area (Å²) in [6.45, 7) is 10.4. The maximum atomic E-state index is 5.65. The lowest BCUT2D eigenvalue weighted by Gasteiger charge is -2.27. The lowest BCUT2D eigenvalue weighted by molar-refractivity contribution is 0.232. The first-order chi connectivity index (χ1) is 9.56. The molecule has 0 saturated carbocycles. The summed E-state index contributed by atoms with van der Waals surface area (Å²) < 4.78 is 5.65. The molecule has 1 aromatic rings. The van der Waals surface area contributed by atoms with Crippen molar-refractivity contribution in [3.8, 4) is 5.88 Å². The molecular formula is C15H26N4O. The van der Waals surface area contributed by atoms with E-state index in [-0.39, 0.29) is 6.10 Å². The molecule has 1 saturated heterocycles. The van der Waals surface area contributed by atoms with E-state index < -0.39 is 0 Å². The molecule has 5 nitrogen and oxygen atoms in total. The second-order valence-corrected chi connectivity index (χ2v) is 5.93. The Balaban J connectivity index is 2.05. The van der Waals surface area contributed by atoms with Crippen molar-refractivity contribution >= 4 is 5.82 Å². The molecule has 1 fully saturated rings. The molecule has 2 rings (SSSR count). The van der Waals surface area contributed by atoms with Crippen LogP contribution in [0.4, 0.5) is 5.82 Å². The average Bonchev–Trinajstić information content (AvgIpc) is 2.84. The Kier molecular flexibility index (Phi) is 5.17. The van der Waals surface area contributed by atoms with E-state index in [0.717, 1.165) is 18.9 Å². The highest BCUT2D eigenvalue weighted by atomic mass is 16.5. The van der Waals surface area contributed by atoms with Crippen LogP contribution < -0.4 is 15.0 Å². The summed E-state index contributed by atoms with van der Waals surface area (Å²) >= 11 is 0. The van der Waals surface area contributed by atoms with Gasteiger partial charge in [0.1, 0.15) is 12.1 Å². The van der Waals surface area contributed by atoms with Gasteiger partial charge in [-0.05, 0) is 26.7 Å². The van der Waals surface area contributed by atoms with Crippen LogP contribution in [0.1, 0.15) is 40.5 Å². The second-order valence-electron chi connectivity index (χ2n) is 5.93. The van der Waals surface area contributed by atoms with Gasteiger partial charge in [-0.2, -0.15) is 0 Å². The minimum absolute atomic E-state index is 0.134. The number of aromatic nitrogens is 2. The van der Waals surface area contributed by atoms with Crippen LogP contribution in [0.5, 0.6) is 5.88 Å². The largest absolute Gasteiger partial charge is 0.475 e. The Bertz CT molecular complexity index is 422. The molecular weight excluding hydrogens is 252 g/mol. The Morgan fingerprint density at radius 3 is 2.85 bits per heavy atom. The highest BCUT2D eigenvalue weighted by Gasteiger charge is 2.26. The fourth-order valence-corrected chi connectivity index (χ4v) is 2.51. The van der Waals surface area contributed by atoms with E-state index >= 15 is 0 Å². The topological polar surface area (TPSA) is 50.3 Å². The molecule has 2 heterocycles. The first-order valence-corrected chi connectivity index (χ1v) is 7.55. The van der Waals surface area contributed by atoms with E-state index in [2.05, 4.69) is 34.0 Å². The highest BCUT2D eigenvalue weighted by molar-refractivity contribution is 5.43. The van der Waals surface area contributed by atoms with Gasteiger partial charge in [-0.15, -0.1) is 0 Å². The number of anilines is 1. The lowest BCUT2D eigenvalue weighted by atomic mass is 10.2. The van der Waals surface area contributed by atoms with E-state index in [1.165, 1.54) is 12.8 Å². The van der Waals surface area contributed by atoms with E-state index in [4.69, 9.17) is 4.74 Å². The van der Waals surface area contributed by atoms with Crippen LogP contribution in [0.15, 0.2) is 12.4 Å². The number of ether oxygens (including phenoxy) is 1. The molecule has 112 valence electrons. The van der Waals surface area contributed by atoms with Gasteiger partial charge in [0.15, 0.2) is 0 Å². The molecule has 0 radical (unpaired) electrons. The van der Waals surface area contributed by atoms with Crippen LogP contribution >= 0.6 is 0 Å². The molecule has 1 unspecified atom stereocenters. The number of hydrogen-bond donors (Lipinski definition) is 1. The molecule has 1 N–H and O–H groups in total. The molecule has 0 spiro atoms. The summed E-state index contributed by atoms with van der Waals surface area (Å²) in [6, 6.07) is 2.98. The minimum Gasteiger partial charge on any atom is -0.475 e. The Morgan fingerprint density at radius 2 is 2.15 bits per heavy atom. The third kappa shape index (κ3) is 4.07. The predicted molar refractivity (Wildman–Crippen MR) is 81.3 cm³/mol. The van der Waals surface area contributed by atoms with Crippen LogP contribution in [-0.4, -0.2) is 41.2 Å². The van der Waals surface area contributed by atoms with Crippen molar-refractivity contribution in [2.24, 2.45) is 0 Å². The van der Waals surface area contributed by atoms with Crippen molar-refractivity contribution in [2.75, 3.05) is 18.0 Å². The van der Waals surface area contributed by atoms with Crippen molar-refractivity contribution in [3.05, 3.63) is 12.4 Å². The van der Waals surface area contributed by atoms with Gasteiger partial charge in [0.2, 0.25) is 5.88 Å². The van der Waals surface area contributed by atoms with Crippen LogP contribution in [0, 0.1) is 0 Å². The molecule has 0 amide bonds. The maximum absolute atomic E-state index is 5.65. The molecule has 5 heteroatoms. The number of nitrogens with one attached hydrogen (secondary N) is 1. The van der Waals surface area contributed by atoms with E-state index in [9.17, 15) is 0 Å². The summed E-state index contributed by atoms with van der Waals surface area (Å²) in [7, 11) is 0. The summed E-state index contributed by atoms with van der Waals surface area (Å²) in [6.07, 6.45) is 4.16. The molecule has 0 aliphatic carbocycles. The summed E-state index contributed by atoms with van der Waals surface area (Å²) in [5, 5.41) is 3.52. The third-order valence-corrected chi connectivity index (χ3v) is 3.42. The van der Waals surface area contributed by atoms with Gasteiger partial charge < -0.3 is 15.0 Å². The molecule has 20 heavy (non-hydrogen) atoms. The first-order valence-electron chi connectivity index (χ1n) is 7.55. The summed E-state index contributed by atoms with van der Waals surface area (Å²) in [4.78, 5) is 11.0. The third-order valence-electron chi connectivity index (χ3n) is 3.42. The zero-order chi connectivity index (χ0) is 14.5. The molecule has 0 bridgehead atoms. The summed E-state index contributed by atoms with van der Waals surface area (Å²) in [5.41, 5.74) is 0. The Morgan fingerprint density at radius 1 is 1.35 bits per heavy atom. The monoisotopic (exact) mass is 278 g/mol. The highest BCUT2D eigenvalue weighted by Crippen LogP contribution is 2.25. The number of hydrogen-bond acceptors (Lipinski definition) is 5. The van der Waals surface area contributed by atoms with Crippen molar-refractivity contribution in [1.29, 1.82) is 0 Å². The van der Waals surface area contributed by atoms with Gasteiger partial charge in [-0.25, -0.2) is 9.97 Å². The predicted octanol–water partition coefficient (Wildman–Crippen LogP) is 2.23. The van der Waals surface area contributed by atoms with Gasteiger partial charge in [-0.1, -0.05) is 13.8 Å². The van der Waals surface area contributed by atoms with Gasteiger partial charge in [0.25, 0.3) is 0 Å². The molecule has 1 aliphatic heterocycles. The fraction of sp³-hybridized carbons (Fsp3) is 0.733. The first kappa shape index (κ1) is 15.0. The standard InChI is InChI=1S/C15H26N4O/c1-11(2)16-9-13-6-5-7-19(13)14-8-15(18-10-17-14)20-12(3)4/h8,10-13,16H,5-7,9H2,1-4H3. The van der Waals surface area contributed by atoms with Crippen molar-refractivity contribution in [2.45, 2.75) is 58.7 Å². The molecule has 0 aromatic carbocycles. The molecule has 1 aromatic heterocycles. The van der Waals surface area contributed by atoms with Gasteiger partial charge in [0.05, 0.1) is 6.10 Å². The van der Waals surface area contributed by atoms with E-state index in [1.807, 2.05) is 19.9 Å². The normalized spacial score (nSPS) is 19.1. The molecule has 1 atom stereocenters. The van der Waals surface area contributed by atoms with Crippen LogP contribution in [0.3, 0.4) is 0 Å². The van der Waals surface area contributed by atoms with Crippen LogP contribution in [-0.2, 0) is 0 Å². The summed E-state index contributed by atoms with van der Waals surface area (Å²) in [5.74, 6) is 1.64. The molecule has 1 aliphatic rings. The SMILES string of the molecule is CC(C)NCC1CCCN1c1cc(OC(C)C)ncn1. The fourth-order valence-electron chi connectivity index (χ4n) is 2.51. The Hall–Kier alpha value is -1.36. The van der Waals surface area contributed by atoms with Crippen molar-refractivity contribution in [3.63, 3.8) is 0 Å². The maximum Gasteiger partial charge on any atom is 0.218 e. The van der Waals surface area contributed by atoms with Gasteiger partial charge in [-0.3, -0.25) is 0 Å². The zero-order valence-electron chi connectivity index (χ0n) is 13.0. The van der Waals surface area contributed by atoms with Crippen molar-refractivity contribution in [1.82, 2.24) is 15.3 Å². The van der Waals surface area contributed by atoms with Crippen molar-refractivity contribution < 1.29 is 4.74 Å². The zero-order valence-corrected chi connectivity index (χ0v) is 13.0. The van der Waals surface area contributed by atoms with Crippen LogP contribution in [0.25, 0.3) is 0 Å². The number of nitrogens with zero attached hydrogens (tertiary/aromatic N) is 3. The average molecular weight is 278 g/mol.